The summed E-state index contributed by atoms with van der Waals surface area (Å²) in [5.74, 6) is 0. The van der Waals surface area contributed by atoms with E-state index < -0.39 is 6.08 Å². The van der Waals surface area contributed by atoms with E-state index in [1.54, 1.807) is 6.07 Å². The molecule has 0 aliphatic heterocycles. The first kappa shape index (κ1) is 11.9. The Morgan fingerprint density at radius 3 is 2.53 bits per heavy atom. The third-order valence-electron chi connectivity index (χ3n) is 3.39. The lowest BCUT2D eigenvalue weighted by Gasteiger charge is -2.02. The summed E-state index contributed by atoms with van der Waals surface area (Å²) in [6.07, 6.45) is -0.768. The van der Waals surface area contributed by atoms with Crippen molar-refractivity contribution in [2.24, 2.45) is 0 Å². The molecule has 96 valence electrons. The van der Waals surface area contributed by atoms with Crippen molar-refractivity contribution in [2.45, 2.75) is 13.5 Å². The molecule has 0 bridgehead atoms. The summed E-state index contributed by atoms with van der Waals surface area (Å²) in [5.41, 5.74) is 2.76. The molecule has 0 aliphatic rings. The van der Waals surface area contributed by atoms with Gasteiger partial charge < -0.3 is 4.57 Å². The van der Waals surface area contributed by atoms with Crippen LogP contribution in [0.3, 0.4) is 0 Å². The lowest BCUT2D eigenvalue weighted by atomic mass is 10.1. The van der Waals surface area contributed by atoms with E-state index in [0.717, 1.165) is 34.4 Å². The second-order valence-corrected chi connectivity index (χ2v) is 4.47. The fraction of sp³-hybridized carbons (Fsp3) is 0.125. The van der Waals surface area contributed by atoms with Crippen LogP contribution in [-0.2, 0) is 6.54 Å². The second-order valence-electron chi connectivity index (χ2n) is 4.47. The highest BCUT2D eigenvalue weighted by Crippen LogP contribution is 2.30. The van der Waals surface area contributed by atoms with Crippen LogP contribution in [0.5, 0.6) is 0 Å². The van der Waals surface area contributed by atoms with Gasteiger partial charge in [0.2, 0.25) is 0 Å². The van der Waals surface area contributed by atoms with Crippen LogP contribution in [-0.4, -0.2) is 4.57 Å². The van der Waals surface area contributed by atoms with Crippen LogP contribution >= 0.6 is 0 Å². The first-order valence-corrected chi connectivity index (χ1v) is 6.24. The van der Waals surface area contributed by atoms with Crippen molar-refractivity contribution in [1.82, 2.24) is 4.57 Å². The van der Waals surface area contributed by atoms with E-state index in [1.165, 1.54) is 0 Å². The molecule has 1 heterocycles. The molecule has 0 N–H and O–H groups in total. The summed E-state index contributed by atoms with van der Waals surface area (Å²) in [7, 11) is 0. The van der Waals surface area contributed by atoms with E-state index in [4.69, 9.17) is 0 Å². The number of rotatable bonds is 2. The van der Waals surface area contributed by atoms with Crippen molar-refractivity contribution in [2.75, 3.05) is 0 Å². The molecule has 0 saturated carbocycles. The molecule has 3 rings (SSSR count). The molecular formula is C16H13F2N. The van der Waals surface area contributed by atoms with Gasteiger partial charge in [-0.25, -0.2) is 0 Å². The SMILES string of the molecule is CCn1c2ccccc2c2cc(C=C(F)F)ccc21. The highest BCUT2D eigenvalue weighted by atomic mass is 19.3. The average Bonchev–Trinajstić information content (AvgIpc) is 2.71. The number of halogens is 2. The van der Waals surface area contributed by atoms with Gasteiger partial charge in [-0.2, -0.15) is 8.78 Å². The lowest BCUT2D eigenvalue weighted by molar-refractivity contribution is 0.429. The maximum atomic E-state index is 12.4. The summed E-state index contributed by atoms with van der Waals surface area (Å²) >= 11 is 0. The summed E-state index contributed by atoms with van der Waals surface area (Å²) in [4.78, 5) is 0. The molecule has 2 aromatic carbocycles. The molecule has 0 radical (unpaired) electrons. The summed E-state index contributed by atoms with van der Waals surface area (Å²) < 4.78 is 26.9. The second kappa shape index (κ2) is 4.50. The molecule has 0 unspecified atom stereocenters. The molecular weight excluding hydrogens is 244 g/mol. The first-order chi connectivity index (χ1) is 9.20. The zero-order chi connectivity index (χ0) is 13.4. The van der Waals surface area contributed by atoms with Gasteiger partial charge in [0, 0.05) is 34.4 Å². The van der Waals surface area contributed by atoms with E-state index in [1.807, 2.05) is 30.3 Å². The molecule has 1 nitrogen and oxygen atoms in total. The summed E-state index contributed by atoms with van der Waals surface area (Å²) in [6, 6.07) is 13.5. The van der Waals surface area contributed by atoms with Crippen molar-refractivity contribution in [3.8, 4) is 0 Å². The largest absolute Gasteiger partial charge is 0.341 e. The zero-order valence-electron chi connectivity index (χ0n) is 10.5. The smallest absolute Gasteiger partial charge is 0.270 e. The van der Waals surface area contributed by atoms with Crippen LogP contribution in [0.15, 0.2) is 48.5 Å². The topological polar surface area (TPSA) is 4.93 Å². The van der Waals surface area contributed by atoms with Gasteiger partial charge in [-0.15, -0.1) is 0 Å². The molecule has 0 aliphatic carbocycles. The van der Waals surface area contributed by atoms with Gasteiger partial charge in [-0.05, 0) is 30.7 Å². The molecule has 1 aromatic heterocycles. The lowest BCUT2D eigenvalue weighted by Crippen LogP contribution is -1.92. The Labute approximate surface area is 109 Å². The molecule has 0 amide bonds. The van der Waals surface area contributed by atoms with Crippen molar-refractivity contribution in [3.63, 3.8) is 0 Å². The zero-order valence-corrected chi connectivity index (χ0v) is 10.5. The Balaban J connectivity index is 2.39. The predicted octanol–water partition coefficient (Wildman–Crippen LogP) is 5.05. The third kappa shape index (κ3) is 1.91. The van der Waals surface area contributed by atoms with E-state index in [0.29, 0.717) is 5.56 Å². The third-order valence-corrected chi connectivity index (χ3v) is 3.39. The predicted molar refractivity (Wildman–Crippen MR) is 75.3 cm³/mol. The Kier molecular flexibility index (Phi) is 2.82. The molecule has 0 saturated heterocycles. The molecule has 0 atom stereocenters. The number of hydrogen-bond acceptors (Lipinski definition) is 0. The molecule has 0 spiro atoms. The van der Waals surface area contributed by atoms with Crippen LogP contribution in [0.1, 0.15) is 12.5 Å². The van der Waals surface area contributed by atoms with Crippen LogP contribution in [0, 0.1) is 0 Å². The maximum Gasteiger partial charge on any atom is 0.270 e. The van der Waals surface area contributed by atoms with E-state index in [9.17, 15) is 8.78 Å². The van der Waals surface area contributed by atoms with Crippen molar-refractivity contribution >= 4 is 27.9 Å². The minimum Gasteiger partial charge on any atom is -0.341 e. The van der Waals surface area contributed by atoms with Crippen LogP contribution in [0.4, 0.5) is 8.78 Å². The van der Waals surface area contributed by atoms with Crippen LogP contribution < -0.4 is 0 Å². The Hall–Kier alpha value is -2.16. The number of para-hydroxylation sites is 1. The maximum absolute atomic E-state index is 12.4. The van der Waals surface area contributed by atoms with Crippen molar-refractivity contribution in [1.29, 1.82) is 0 Å². The normalized spacial score (nSPS) is 11.1. The van der Waals surface area contributed by atoms with E-state index >= 15 is 0 Å². The van der Waals surface area contributed by atoms with Crippen molar-refractivity contribution in [3.05, 3.63) is 54.1 Å². The van der Waals surface area contributed by atoms with Gasteiger partial charge in [-0.3, -0.25) is 0 Å². The fourth-order valence-electron chi connectivity index (χ4n) is 2.63. The number of aromatic nitrogens is 1. The van der Waals surface area contributed by atoms with Crippen LogP contribution in [0.2, 0.25) is 0 Å². The van der Waals surface area contributed by atoms with Gasteiger partial charge in [0.15, 0.2) is 0 Å². The Morgan fingerprint density at radius 1 is 1.05 bits per heavy atom. The van der Waals surface area contributed by atoms with E-state index in [-0.39, 0.29) is 0 Å². The van der Waals surface area contributed by atoms with Crippen molar-refractivity contribution < 1.29 is 8.78 Å². The molecule has 0 fully saturated rings. The number of hydrogen-bond donors (Lipinski definition) is 0. The number of fused-ring (bicyclic) bond motifs is 3. The standard InChI is InChI=1S/C16H13F2N/c1-2-19-14-6-4-3-5-12(14)13-9-11(10-16(17)18)7-8-15(13)19/h3-10H,2H2,1H3. The van der Waals surface area contributed by atoms with Crippen LogP contribution in [0.25, 0.3) is 27.9 Å². The fourth-order valence-corrected chi connectivity index (χ4v) is 2.63. The van der Waals surface area contributed by atoms with Gasteiger partial charge in [0.25, 0.3) is 6.08 Å². The number of benzene rings is 2. The monoisotopic (exact) mass is 257 g/mol. The van der Waals surface area contributed by atoms with Gasteiger partial charge in [-0.1, -0.05) is 24.3 Å². The van der Waals surface area contributed by atoms with E-state index in [2.05, 4.69) is 17.6 Å². The minimum atomic E-state index is -1.67. The minimum absolute atomic E-state index is 0.534. The van der Waals surface area contributed by atoms with Gasteiger partial charge in [0.1, 0.15) is 0 Å². The highest BCUT2D eigenvalue weighted by Gasteiger charge is 2.09. The van der Waals surface area contributed by atoms with Gasteiger partial charge in [0.05, 0.1) is 0 Å². The molecule has 19 heavy (non-hydrogen) atoms. The Morgan fingerprint density at radius 2 is 1.79 bits per heavy atom. The summed E-state index contributed by atoms with van der Waals surface area (Å²) in [5, 5.41) is 2.13. The highest BCUT2D eigenvalue weighted by molar-refractivity contribution is 6.08. The average molecular weight is 257 g/mol. The first-order valence-electron chi connectivity index (χ1n) is 6.24. The Bertz CT molecular complexity index is 780. The number of nitrogens with zero attached hydrogens (tertiary/aromatic N) is 1. The molecule has 3 heteroatoms. The number of aryl methyl sites for hydroxylation is 1. The summed E-state index contributed by atoms with van der Waals surface area (Å²) in [6.45, 7) is 2.94. The van der Waals surface area contributed by atoms with Gasteiger partial charge >= 0.3 is 0 Å². The quantitative estimate of drug-likeness (QED) is 0.605. The molecule has 3 aromatic rings.